The quantitative estimate of drug-likeness (QED) is 0.161. The van der Waals surface area contributed by atoms with Gasteiger partial charge in [0.05, 0.1) is 39.1 Å². The highest BCUT2D eigenvalue weighted by atomic mass is 15.2. The summed E-state index contributed by atoms with van der Waals surface area (Å²) in [4.78, 5) is 26.0. The third-order valence-corrected chi connectivity index (χ3v) is 11.6. The van der Waals surface area contributed by atoms with Gasteiger partial charge in [-0.25, -0.2) is 15.0 Å². The van der Waals surface area contributed by atoms with Crippen LogP contribution in [-0.4, -0.2) is 34.1 Å². The van der Waals surface area contributed by atoms with Gasteiger partial charge < -0.3 is 4.57 Å². The van der Waals surface area contributed by atoms with Gasteiger partial charge in [-0.3, -0.25) is 4.57 Å². The van der Waals surface area contributed by atoms with Crippen LogP contribution in [0.2, 0.25) is 0 Å². The number of benzene rings is 8. The van der Waals surface area contributed by atoms with Gasteiger partial charge in [0.2, 0.25) is 5.95 Å². The maximum atomic E-state index is 5.28. The molecule has 0 unspecified atom stereocenters. The summed E-state index contributed by atoms with van der Waals surface area (Å²) < 4.78 is 4.55. The summed E-state index contributed by atoms with van der Waals surface area (Å²) in [7, 11) is 0. The zero-order valence-corrected chi connectivity index (χ0v) is 33.3. The Bertz CT molecular complexity index is 3500. The molecule has 0 aliphatic heterocycles. The second-order valence-electron chi connectivity index (χ2n) is 15.3. The Morgan fingerprint density at radius 2 is 0.710 bits per heavy atom. The zero-order valence-electron chi connectivity index (χ0n) is 33.3. The van der Waals surface area contributed by atoms with Crippen LogP contribution in [0, 0.1) is 0 Å². The van der Waals surface area contributed by atoms with E-state index in [1.165, 1.54) is 0 Å². The Morgan fingerprint density at radius 3 is 1.26 bits per heavy atom. The van der Waals surface area contributed by atoms with Gasteiger partial charge in [-0.15, -0.1) is 0 Å². The van der Waals surface area contributed by atoms with E-state index in [-0.39, 0.29) is 0 Å². The van der Waals surface area contributed by atoms with E-state index < -0.39 is 0 Å². The third-order valence-electron chi connectivity index (χ3n) is 11.6. The fourth-order valence-corrected chi connectivity index (χ4v) is 8.74. The lowest BCUT2D eigenvalue weighted by atomic mass is 10.1. The van der Waals surface area contributed by atoms with Crippen LogP contribution in [0.4, 0.5) is 0 Å². The van der Waals surface area contributed by atoms with E-state index in [2.05, 4.69) is 124 Å². The van der Waals surface area contributed by atoms with Crippen molar-refractivity contribution in [3.05, 3.63) is 212 Å². The number of fused-ring (bicyclic) bond motifs is 6. The molecule has 0 radical (unpaired) electrons. The number of rotatable bonds is 7. The standard InChI is InChI=1S/C55H35N7/c1-5-19-36(20-6-1)45-34-46(37-21-7-2-8-22-37)57-54(56-45)42-29-15-18-32-49(42)61-47-30-16-13-27-40(47)43-33-44-41-28-14-17-31-48(41)62(51(44)35-50(43)61)55-59-52(38-23-9-3-10-24-38)58-53(60-55)39-25-11-4-12-26-39/h1-35H. The molecule has 8 aromatic carbocycles. The van der Waals surface area contributed by atoms with Gasteiger partial charge in [0.15, 0.2) is 17.5 Å². The van der Waals surface area contributed by atoms with Crippen LogP contribution in [0.15, 0.2) is 212 Å². The number of para-hydroxylation sites is 3. The highest BCUT2D eigenvalue weighted by Crippen LogP contribution is 2.41. The van der Waals surface area contributed by atoms with E-state index in [0.29, 0.717) is 23.4 Å². The Kier molecular flexibility index (Phi) is 8.35. The van der Waals surface area contributed by atoms with Crippen molar-refractivity contribution in [1.29, 1.82) is 0 Å². The van der Waals surface area contributed by atoms with Crippen molar-refractivity contribution < 1.29 is 0 Å². The van der Waals surface area contributed by atoms with Crippen LogP contribution in [0.1, 0.15) is 0 Å². The maximum Gasteiger partial charge on any atom is 0.238 e. The van der Waals surface area contributed by atoms with Gasteiger partial charge >= 0.3 is 0 Å². The number of aromatic nitrogens is 7. The lowest BCUT2D eigenvalue weighted by molar-refractivity contribution is 0.953. The third kappa shape index (κ3) is 5.94. The molecule has 0 aliphatic rings. The van der Waals surface area contributed by atoms with E-state index in [4.69, 9.17) is 24.9 Å². The van der Waals surface area contributed by atoms with Crippen molar-refractivity contribution >= 4 is 43.6 Å². The van der Waals surface area contributed by atoms with Gasteiger partial charge in [0.25, 0.3) is 0 Å². The first-order chi connectivity index (χ1) is 30.7. The second-order valence-corrected chi connectivity index (χ2v) is 15.3. The van der Waals surface area contributed by atoms with Crippen LogP contribution < -0.4 is 0 Å². The lowest BCUT2D eigenvalue weighted by Crippen LogP contribution is -2.06. The summed E-state index contributed by atoms with van der Waals surface area (Å²) in [5.74, 6) is 2.41. The fraction of sp³-hybridized carbons (Fsp3) is 0. The SMILES string of the molecule is c1ccc(-c2cc(-c3ccccc3)nc(-c3ccccc3-n3c4ccccc4c4cc5c6ccccc6n(-c6nc(-c7ccccc7)nc(-c7ccccc7)n6)c5cc43)n2)cc1. The molecular formula is C55H35N7. The molecule has 7 heteroatoms. The molecule has 12 rings (SSSR count). The van der Waals surface area contributed by atoms with E-state index >= 15 is 0 Å². The number of hydrogen-bond acceptors (Lipinski definition) is 5. The van der Waals surface area contributed by atoms with Gasteiger partial charge in [0.1, 0.15) is 0 Å². The minimum atomic E-state index is 0.547. The van der Waals surface area contributed by atoms with Crippen molar-refractivity contribution in [3.63, 3.8) is 0 Å². The van der Waals surface area contributed by atoms with E-state index in [0.717, 1.165) is 88.5 Å². The largest absolute Gasteiger partial charge is 0.308 e. The highest BCUT2D eigenvalue weighted by Gasteiger charge is 2.23. The van der Waals surface area contributed by atoms with Gasteiger partial charge in [-0.05, 0) is 42.5 Å². The molecule has 0 N–H and O–H groups in total. The van der Waals surface area contributed by atoms with E-state index in [1.54, 1.807) is 0 Å². The Labute approximate surface area is 356 Å². The van der Waals surface area contributed by atoms with Crippen LogP contribution in [-0.2, 0) is 0 Å². The molecular weight excluding hydrogens is 759 g/mol. The van der Waals surface area contributed by atoms with Gasteiger partial charge in [-0.2, -0.15) is 9.97 Å². The minimum Gasteiger partial charge on any atom is -0.308 e. The molecule has 62 heavy (non-hydrogen) atoms. The van der Waals surface area contributed by atoms with Crippen molar-refractivity contribution in [3.8, 4) is 68.3 Å². The molecule has 0 atom stereocenters. The number of hydrogen-bond donors (Lipinski definition) is 0. The normalized spacial score (nSPS) is 11.5. The smallest absolute Gasteiger partial charge is 0.238 e. The first kappa shape index (κ1) is 35.4. The molecule has 0 amide bonds. The highest BCUT2D eigenvalue weighted by molar-refractivity contribution is 6.19. The Balaban J connectivity index is 1.14. The summed E-state index contributed by atoms with van der Waals surface area (Å²) in [5.41, 5.74) is 11.6. The molecule has 7 nitrogen and oxygen atoms in total. The van der Waals surface area contributed by atoms with Crippen molar-refractivity contribution in [2.24, 2.45) is 0 Å². The van der Waals surface area contributed by atoms with Crippen LogP contribution in [0.5, 0.6) is 0 Å². The van der Waals surface area contributed by atoms with Crippen molar-refractivity contribution in [1.82, 2.24) is 34.1 Å². The summed E-state index contributed by atoms with van der Waals surface area (Å²) in [5, 5.41) is 4.51. The molecule has 290 valence electrons. The van der Waals surface area contributed by atoms with Crippen LogP contribution in [0.3, 0.4) is 0 Å². The average Bonchev–Trinajstić information content (AvgIpc) is 3.86. The monoisotopic (exact) mass is 793 g/mol. The van der Waals surface area contributed by atoms with E-state index in [9.17, 15) is 0 Å². The molecule has 4 aromatic heterocycles. The first-order valence-electron chi connectivity index (χ1n) is 20.7. The van der Waals surface area contributed by atoms with Gasteiger partial charge in [-0.1, -0.05) is 170 Å². The molecule has 0 fully saturated rings. The predicted molar refractivity (Wildman–Crippen MR) is 251 cm³/mol. The Morgan fingerprint density at radius 1 is 0.274 bits per heavy atom. The molecule has 4 heterocycles. The van der Waals surface area contributed by atoms with Crippen LogP contribution >= 0.6 is 0 Å². The Hall–Kier alpha value is -8.55. The molecule has 12 aromatic rings. The van der Waals surface area contributed by atoms with Gasteiger partial charge in [0, 0.05) is 49.4 Å². The van der Waals surface area contributed by atoms with E-state index in [1.807, 2.05) is 97.1 Å². The fourth-order valence-electron chi connectivity index (χ4n) is 8.74. The molecule has 0 aliphatic carbocycles. The molecule has 0 spiro atoms. The number of nitrogens with zero attached hydrogens (tertiary/aromatic N) is 7. The lowest BCUT2D eigenvalue weighted by Gasteiger charge is -2.15. The average molecular weight is 794 g/mol. The summed E-state index contributed by atoms with van der Waals surface area (Å²) in [6.45, 7) is 0. The summed E-state index contributed by atoms with van der Waals surface area (Å²) >= 11 is 0. The maximum absolute atomic E-state index is 5.28. The van der Waals surface area contributed by atoms with Crippen molar-refractivity contribution in [2.75, 3.05) is 0 Å². The molecule has 0 saturated heterocycles. The van der Waals surface area contributed by atoms with Crippen LogP contribution in [0.25, 0.3) is 112 Å². The first-order valence-corrected chi connectivity index (χ1v) is 20.7. The molecule has 0 saturated carbocycles. The summed E-state index contributed by atoms with van der Waals surface area (Å²) in [6, 6.07) is 73.2. The zero-order chi connectivity index (χ0) is 41.0. The predicted octanol–water partition coefficient (Wildman–Crippen LogP) is 13.2. The minimum absolute atomic E-state index is 0.547. The topological polar surface area (TPSA) is 74.3 Å². The second kappa shape index (κ2) is 14.6. The van der Waals surface area contributed by atoms with Crippen molar-refractivity contribution in [2.45, 2.75) is 0 Å². The summed E-state index contributed by atoms with van der Waals surface area (Å²) in [6.07, 6.45) is 0. The molecule has 0 bridgehead atoms.